The van der Waals surface area contributed by atoms with E-state index in [4.69, 9.17) is 4.42 Å². The molecular formula is C14H18N4O3S2. The highest BCUT2D eigenvalue weighted by Gasteiger charge is 2.27. The molecule has 2 aromatic heterocycles. The lowest BCUT2D eigenvalue weighted by Crippen LogP contribution is -2.27. The van der Waals surface area contributed by atoms with Crippen molar-refractivity contribution in [1.29, 1.82) is 0 Å². The fraction of sp³-hybridized carbons (Fsp3) is 0.500. The topological polar surface area (TPSA) is 89.2 Å². The van der Waals surface area contributed by atoms with E-state index in [0.29, 0.717) is 37.0 Å². The Morgan fingerprint density at radius 1 is 1.22 bits per heavy atom. The lowest BCUT2D eigenvalue weighted by molar-refractivity contribution is 0.469. The van der Waals surface area contributed by atoms with Crippen LogP contribution in [0.2, 0.25) is 0 Å². The number of hydrogen-bond acceptors (Lipinski definition) is 7. The van der Waals surface area contributed by atoms with Crippen molar-refractivity contribution in [2.45, 2.75) is 41.9 Å². The van der Waals surface area contributed by atoms with E-state index in [-0.39, 0.29) is 4.90 Å². The molecule has 0 amide bonds. The van der Waals surface area contributed by atoms with Crippen LogP contribution < -0.4 is 0 Å². The van der Waals surface area contributed by atoms with Gasteiger partial charge in [0.2, 0.25) is 21.8 Å². The minimum atomic E-state index is -3.40. The third-order valence-corrected chi connectivity index (χ3v) is 6.38. The van der Waals surface area contributed by atoms with Gasteiger partial charge in [-0.25, -0.2) is 13.4 Å². The fourth-order valence-corrected chi connectivity index (χ4v) is 4.45. The fourth-order valence-electron chi connectivity index (χ4n) is 2.31. The van der Waals surface area contributed by atoms with E-state index in [9.17, 15) is 8.42 Å². The van der Waals surface area contributed by atoms with Gasteiger partial charge in [0, 0.05) is 25.7 Å². The van der Waals surface area contributed by atoms with Gasteiger partial charge in [0.25, 0.3) is 0 Å². The van der Waals surface area contributed by atoms with Gasteiger partial charge in [0.15, 0.2) is 0 Å². The molecule has 0 spiro atoms. The summed E-state index contributed by atoms with van der Waals surface area (Å²) in [4.78, 5) is 4.47. The molecule has 0 aliphatic carbocycles. The Labute approximate surface area is 139 Å². The first-order valence-corrected chi connectivity index (χ1v) is 9.92. The number of sulfonamides is 1. The van der Waals surface area contributed by atoms with Gasteiger partial charge in [-0.2, -0.15) is 4.31 Å². The van der Waals surface area contributed by atoms with Crippen LogP contribution in [0.3, 0.4) is 0 Å². The van der Waals surface area contributed by atoms with Crippen LogP contribution in [0.5, 0.6) is 0 Å². The van der Waals surface area contributed by atoms with Crippen LogP contribution in [0.4, 0.5) is 0 Å². The number of nitrogens with zero attached hydrogens (tertiary/aromatic N) is 4. The Hall–Kier alpha value is -1.45. The van der Waals surface area contributed by atoms with E-state index in [1.165, 1.54) is 22.3 Å². The highest BCUT2D eigenvalue weighted by molar-refractivity contribution is 7.98. The second kappa shape index (κ2) is 6.98. The van der Waals surface area contributed by atoms with Crippen LogP contribution in [-0.2, 0) is 22.2 Å². The molecule has 1 fully saturated rings. The van der Waals surface area contributed by atoms with E-state index < -0.39 is 10.0 Å². The maximum atomic E-state index is 12.4. The Bertz CT molecular complexity index is 753. The van der Waals surface area contributed by atoms with Crippen molar-refractivity contribution in [1.82, 2.24) is 19.5 Å². The van der Waals surface area contributed by atoms with Gasteiger partial charge in [-0.05, 0) is 25.0 Å². The Kier molecular flexibility index (Phi) is 4.98. The molecule has 3 rings (SSSR count). The second-order valence-electron chi connectivity index (χ2n) is 5.18. The van der Waals surface area contributed by atoms with E-state index >= 15 is 0 Å². The Morgan fingerprint density at radius 2 is 1.96 bits per heavy atom. The maximum Gasteiger partial charge on any atom is 0.244 e. The average molecular weight is 354 g/mol. The first-order valence-electron chi connectivity index (χ1n) is 7.50. The summed E-state index contributed by atoms with van der Waals surface area (Å²) in [6, 6.07) is 3.32. The summed E-state index contributed by atoms with van der Waals surface area (Å²) in [7, 11) is -3.40. The van der Waals surface area contributed by atoms with Crippen molar-refractivity contribution >= 4 is 21.8 Å². The molecule has 23 heavy (non-hydrogen) atoms. The number of pyridine rings is 1. The SMILES string of the molecule is CCc1nnc(CSc2ccc(S(=O)(=O)N3CCCC3)cn2)o1. The predicted molar refractivity (Wildman–Crippen MR) is 85.5 cm³/mol. The third-order valence-electron chi connectivity index (χ3n) is 3.57. The van der Waals surface area contributed by atoms with Gasteiger partial charge in [-0.3, -0.25) is 0 Å². The molecule has 0 atom stereocenters. The van der Waals surface area contributed by atoms with Gasteiger partial charge in [-0.15, -0.1) is 10.2 Å². The van der Waals surface area contributed by atoms with Gasteiger partial charge in [0.1, 0.15) is 4.90 Å². The summed E-state index contributed by atoms with van der Waals surface area (Å²) in [5.74, 6) is 1.67. The van der Waals surface area contributed by atoms with Crippen LogP contribution in [0.15, 0.2) is 32.7 Å². The van der Waals surface area contributed by atoms with Crippen LogP contribution in [0.1, 0.15) is 31.5 Å². The summed E-state index contributed by atoms with van der Waals surface area (Å²) < 4.78 is 31.8. The minimum absolute atomic E-state index is 0.245. The van der Waals surface area contributed by atoms with Gasteiger partial charge in [0.05, 0.1) is 10.8 Å². The molecule has 9 heteroatoms. The molecule has 0 N–H and O–H groups in total. The third kappa shape index (κ3) is 3.73. The molecule has 3 heterocycles. The zero-order chi connectivity index (χ0) is 16.3. The number of aryl methyl sites for hydroxylation is 1. The molecule has 0 bridgehead atoms. The van der Waals surface area contributed by atoms with Crippen molar-refractivity contribution in [2.75, 3.05) is 13.1 Å². The van der Waals surface area contributed by atoms with Crippen LogP contribution in [-0.4, -0.2) is 41.0 Å². The molecule has 124 valence electrons. The second-order valence-corrected chi connectivity index (χ2v) is 8.11. The van der Waals surface area contributed by atoms with Crippen molar-refractivity contribution in [3.8, 4) is 0 Å². The first-order chi connectivity index (χ1) is 11.1. The number of rotatable bonds is 6. The summed E-state index contributed by atoms with van der Waals surface area (Å²) in [6.07, 6.45) is 3.97. The van der Waals surface area contributed by atoms with Crippen molar-refractivity contribution < 1.29 is 12.8 Å². The van der Waals surface area contributed by atoms with E-state index in [1.54, 1.807) is 12.1 Å². The lowest BCUT2D eigenvalue weighted by atomic mass is 10.4. The van der Waals surface area contributed by atoms with Crippen molar-refractivity contribution in [2.24, 2.45) is 0 Å². The zero-order valence-corrected chi connectivity index (χ0v) is 14.4. The molecule has 0 radical (unpaired) electrons. The molecule has 1 aliphatic heterocycles. The first kappa shape index (κ1) is 16.4. The minimum Gasteiger partial charge on any atom is -0.424 e. The highest BCUT2D eigenvalue weighted by atomic mass is 32.2. The van der Waals surface area contributed by atoms with Crippen LogP contribution in [0.25, 0.3) is 0 Å². The molecule has 1 saturated heterocycles. The quantitative estimate of drug-likeness (QED) is 0.734. The van der Waals surface area contributed by atoms with E-state index in [2.05, 4.69) is 15.2 Å². The molecule has 0 saturated carbocycles. The molecule has 0 aromatic carbocycles. The van der Waals surface area contributed by atoms with Crippen molar-refractivity contribution in [3.63, 3.8) is 0 Å². The molecule has 1 aliphatic rings. The summed E-state index contributed by atoms with van der Waals surface area (Å²) in [5, 5.41) is 8.57. The van der Waals surface area contributed by atoms with Crippen LogP contribution >= 0.6 is 11.8 Å². The van der Waals surface area contributed by atoms with Gasteiger partial charge < -0.3 is 4.42 Å². The maximum absolute atomic E-state index is 12.4. The Morgan fingerprint density at radius 3 is 2.57 bits per heavy atom. The van der Waals surface area contributed by atoms with Crippen LogP contribution in [0, 0.1) is 0 Å². The van der Waals surface area contributed by atoms with E-state index in [1.807, 2.05) is 6.92 Å². The smallest absolute Gasteiger partial charge is 0.244 e. The highest BCUT2D eigenvalue weighted by Crippen LogP contribution is 2.24. The average Bonchev–Trinajstić information content (AvgIpc) is 3.25. The largest absolute Gasteiger partial charge is 0.424 e. The lowest BCUT2D eigenvalue weighted by Gasteiger charge is -2.15. The summed E-state index contributed by atoms with van der Waals surface area (Å²) in [5.41, 5.74) is 0. The number of aromatic nitrogens is 3. The van der Waals surface area contributed by atoms with Crippen molar-refractivity contribution in [3.05, 3.63) is 30.1 Å². The normalized spacial score (nSPS) is 16.0. The van der Waals surface area contributed by atoms with Gasteiger partial charge in [-0.1, -0.05) is 18.7 Å². The Balaban J connectivity index is 1.64. The predicted octanol–water partition coefficient (Wildman–Crippen LogP) is 2.10. The molecule has 2 aromatic rings. The monoisotopic (exact) mass is 354 g/mol. The molecule has 7 nitrogen and oxygen atoms in total. The number of hydrogen-bond donors (Lipinski definition) is 0. The van der Waals surface area contributed by atoms with Gasteiger partial charge >= 0.3 is 0 Å². The zero-order valence-electron chi connectivity index (χ0n) is 12.8. The summed E-state index contributed by atoms with van der Waals surface area (Å²) >= 11 is 1.43. The number of thioether (sulfide) groups is 1. The summed E-state index contributed by atoms with van der Waals surface area (Å²) in [6.45, 7) is 3.14. The molecular weight excluding hydrogens is 336 g/mol. The standard InChI is InChI=1S/C14H18N4O3S2/c1-2-12-16-17-13(21-12)10-22-14-6-5-11(9-15-14)23(19,20)18-7-3-4-8-18/h5-6,9H,2-4,7-8,10H2,1H3. The van der Waals surface area contributed by atoms with E-state index in [0.717, 1.165) is 17.9 Å². The molecule has 0 unspecified atom stereocenters.